The number of nitrogens with one attached hydrogen (secondary N) is 1. The zero-order valence-electron chi connectivity index (χ0n) is 14.3. The van der Waals surface area contributed by atoms with Crippen molar-refractivity contribution in [1.29, 1.82) is 0 Å². The highest BCUT2D eigenvalue weighted by Gasteiger charge is 2.28. The second-order valence-electron chi connectivity index (χ2n) is 5.98. The summed E-state index contributed by atoms with van der Waals surface area (Å²) in [4.78, 5) is 12.3. The summed E-state index contributed by atoms with van der Waals surface area (Å²) < 4.78 is 32.2. The second kappa shape index (κ2) is 8.58. The Labute approximate surface area is 168 Å². The minimum absolute atomic E-state index is 0.0402. The Hall–Kier alpha value is -1.64. The zero-order chi connectivity index (χ0) is 19.4. The number of carbonyl (C=O) groups is 1. The van der Waals surface area contributed by atoms with Crippen molar-refractivity contribution in [3.63, 3.8) is 0 Å². The average molecular weight is 429 g/mol. The molecule has 1 amide bonds. The van der Waals surface area contributed by atoms with E-state index in [4.69, 9.17) is 27.9 Å². The van der Waals surface area contributed by atoms with Crippen molar-refractivity contribution >= 4 is 44.8 Å². The van der Waals surface area contributed by atoms with Crippen molar-refractivity contribution in [2.75, 3.05) is 31.6 Å². The van der Waals surface area contributed by atoms with E-state index in [1.165, 1.54) is 16.4 Å². The second-order valence-corrected chi connectivity index (χ2v) is 8.70. The average Bonchev–Trinajstić information content (AvgIpc) is 2.66. The lowest BCUT2D eigenvalue weighted by Gasteiger charge is -2.26. The van der Waals surface area contributed by atoms with Gasteiger partial charge in [0, 0.05) is 23.8 Å². The number of amides is 1. The van der Waals surface area contributed by atoms with Crippen LogP contribution >= 0.6 is 23.2 Å². The lowest BCUT2D eigenvalue weighted by atomic mass is 10.1. The van der Waals surface area contributed by atoms with Crippen LogP contribution in [0, 0.1) is 0 Å². The Bertz CT molecular complexity index is 944. The fraction of sp³-hybridized carbons (Fsp3) is 0.278. The van der Waals surface area contributed by atoms with Gasteiger partial charge in [-0.15, -0.1) is 0 Å². The maximum atomic E-state index is 12.8. The number of hydrogen-bond donors (Lipinski definition) is 1. The number of carbonyl (C=O) groups excluding carboxylic acids is 1. The Morgan fingerprint density at radius 2 is 1.78 bits per heavy atom. The van der Waals surface area contributed by atoms with Gasteiger partial charge in [0.2, 0.25) is 15.9 Å². The predicted octanol–water partition coefficient (Wildman–Crippen LogP) is 3.20. The number of ether oxygens (including phenoxy) is 1. The van der Waals surface area contributed by atoms with E-state index in [9.17, 15) is 13.2 Å². The van der Waals surface area contributed by atoms with Gasteiger partial charge in [-0.1, -0.05) is 41.4 Å². The smallest absolute Gasteiger partial charge is 0.244 e. The van der Waals surface area contributed by atoms with Crippen LogP contribution in [0.25, 0.3) is 0 Å². The number of morpholine rings is 1. The van der Waals surface area contributed by atoms with Crippen molar-refractivity contribution in [1.82, 2.24) is 4.31 Å². The quantitative estimate of drug-likeness (QED) is 0.792. The molecule has 1 heterocycles. The summed E-state index contributed by atoms with van der Waals surface area (Å²) in [5.41, 5.74) is 1.04. The molecule has 0 saturated carbocycles. The Kier molecular flexibility index (Phi) is 6.39. The largest absolute Gasteiger partial charge is 0.379 e. The number of rotatable bonds is 5. The first kappa shape index (κ1) is 20.1. The molecule has 0 aliphatic carbocycles. The third kappa shape index (κ3) is 4.80. The van der Waals surface area contributed by atoms with E-state index in [-0.39, 0.29) is 35.3 Å². The van der Waals surface area contributed by atoms with E-state index >= 15 is 0 Å². The van der Waals surface area contributed by atoms with Crippen molar-refractivity contribution < 1.29 is 17.9 Å². The van der Waals surface area contributed by atoms with Gasteiger partial charge in [-0.3, -0.25) is 4.79 Å². The molecule has 3 rings (SSSR count). The van der Waals surface area contributed by atoms with Crippen molar-refractivity contribution in [3.05, 3.63) is 58.1 Å². The van der Waals surface area contributed by atoms with Gasteiger partial charge < -0.3 is 10.1 Å². The van der Waals surface area contributed by atoms with Crippen LogP contribution in [0.5, 0.6) is 0 Å². The summed E-state index contributed by atoms with van der Waals surface area (Å²) in [6.45, 7) is 1.21. The number of sulfonamides is 1. The first-order chi connectivity index (χ1) is 12.9. The maximum Gasteiger partial charge on any atom is 0.244 e. The van der Waals surface area contributed by atoms with Gasteiger partial charge in [-0.25, -0.2) is 8.42 Å². The van der Waals surface area contributed by atoms with Crippen LogP contribution in [-0.2, 0) is 26.0 Å². The molecule has 1 fully saturated rings. The van der Waals surface area contributed by atoms with E-state index in [1.54, 1.807) is 30.3 Å². The molecule has 6 nitrogen and oxygen atoms in total. The lowest BCUT2D eigenvalue weighted by Crippen LogP contribution is -2.40. The SMILES string of the molecule is O=C(Cc1ccccc1Cl)Nc1ccc(Cl)c(S(=O)(=O)N2CCOCC2)c1. The number of benzene rings is 2. The van der Waals surface area contributed by atoms with Crippen LogP contribution in [0.4, 0.5) is 5.69 Å². The van der Waals surface area contributed by atoms with Gasteiger partial charge in [-0.2, -0.15) is 4.31 Å². The molecule has 0 aromatic heterocycles. The summed E-state index contributed by atoms with van der Waals surface area (Å²) in [7, 11) is -3.77. The minimum atomic E-state index is -3.77. The summed E-state index contributed by atoms with van der Waals surface area (Å²) >= 11 is 12.2. The van der Waals surface area contributed by atoms with E-state index in [0.717, 1.165) is 0 Å². The van der Waals surface area contributed by atoms with Crippen LogP contribution in [0.3, 0.4) is 0 Å². The predicted molar refractivity (Wildman–Crippen MR) is 105 cm³/mol. The molecular formula is C18H18Cl2N2O4S. The molecule has 2 aromatic carbocycles. The monoisotopic (exact) mass is 428 g/mol. The van der Waals surface area contributed by atoms with Crippen molar-refractivity contribution in [3.8, 4) is 0 Å². The fourth-order valence-corrected chi connectivity index (χ4v) is 4.84. The molecule has 1 aliphatic heterocycles. The molecule has 0 bridgehead atoms. The molecule has 27 heavy (non-hydrogen) atoms. The third-order valence-electron chi connectivity index (χ3n) is 4.11. The lowest BCUT2D eigenvalue weighted by molar-refractivity contribution is -0.115. The van der Waals surface area contributed by atoms with Crippen molar-refractivity contribution in [2.45, 2.75) is 11.3 Å². The van der Waals surface area contributed by atoms with E-state index in [2.05, 4.69) is 5.32 Å². The van der Waals surface area contributed by atoms with Crippen LogP contribution in [0.1, 0.15) is 5.56 Å². The minimum Gasteiger partial charge on any atom is -0.379 e. The topological polar surface area (TPSA) is 75.7 Å². The number of nitrogens with zero attached hydrogens (tertiary/aromatic N) is 1. The Balaban J connectivity index is 1.79. The molecule has 1 N–H and O–H groups in total. The number of anilines is 1. The molecular weight excluding hydrogens is 411 g/mol. The summed E-state index contributed by atoms with van der Waals surface area (Å²) in [6, 6.07) is 11.4. The first-order valence-corrected chi connectivity index (χ1v) is 10.5. The molecule has 9 heteroatoms. The van der Waals surface area contributed by atoms with E-state index < -0.39 is 10.0 Å². The van der Waals surface area contributed by atoms with Gasteiger partial charge >= 0.3 is 0 Å². The summed E-state index contributed by atoms with van der Waals surface area (Å²) in [6.07, 6.45) is 0.0772. The van der Waals surface area contributed by atoms with Gasteiger partial charge in [0.15, 0.2) is 0 Å². The molecule has 2 aromatic rings. The van der Waals surface area contributed by atoms with Gasteiger partial charge in [0.25, 0.3) is 0 Å². The Morgan fingerprint density at radius 1 is 1.07 bits per heavy atom. The highest BCUT2D eigenvalue weighted by Crippen LogP contribution is 2.28. The summed E-state index contributed by atoms with van der Waals surface area (Å²) in [5, 5.41) is 3.30. The maximum absolute atomic E-state index is 12.8. The number of halogens is 2. The normalized spacial score (nSPS) is 15.5. The van der Waals surface area contributed by atoms with Crippen LogP contribution in [0.2, 0.25) is 10.0 Å². The molecule has 0 radical (unpaired) electrons. The molecule has 144 valence electrons. The molecule has 0 spiro atoms. The zero-order valence-corrected chi connectivity index (χ0v) is 16.6. The Morgan fingerprint density at radius 3 is 2.48 bits per heavy atom. The highest BCUT2D eigenvalue weighted by molar-refractivity contribution is 7.89. The molecule has 1 saturated heterocycles. The first-order valence-electron chi connectivity index (χ1n) is 8.28. The van der Waals surface area contributed by atoms with Gasteiger partial charge in [0.05, 0.1) is 24.7 Å². The van der Waals surface area contributed by atoms with Crippen LogP contribution in [-0.4, -0.2) is 44.9 Å². The summed E-state index contributed by atoms with van der Waals surface area (Å²) in [5.74, 6) is -0.305. The van der Waals surface area contributed by atoms with Crippen molar-refractivity contribution in [2.24, 2.45) is 0 Å². The van der Waals surface area contributed by atoms with Crippen LogP contribution < -0.4 is 5.32 Å². The van der Waals surface area contributed by atoms with Crippen LogP contribution in [0.15, 0.2) is 47.4 Å². The standard InChI is InChI=1S/C18H18Cl2N2O4S/c19-15-4-2-1-3-13(15)11-18(23)21-14-5-6-16(20)17(12-14)27(24,25)22-7-9-26-10-8-22/h1-6,12H,7-11H2,(H,21,23). The molecule has 1 aliphatic rings. The van der Waals surface area contributed by atoms with E-state index in [1.807, 2.05) is 0 Å². The molecule has 0 atom stereocenters. The van der Waals surface area contributed by atoms with Gasteiger partial charge in [-0.05, 0) is 29.8 Å². The van der Waals surface area contributed by atoms with Gasteiger partial charge in [0.1, 0.15) is 4.90 Å². The third-order valence-corrected chi connectivity index (χ3v) is 6.86. The molecule has 0 unspecified atom stereocenters. The number of hydrogen-bond acceptors (Lipinski definition) is 4. The highest BCUT2D eigenvalue weighted by atomic mass is 35.5. The fourth-order valence-electron chi connectivity index (χ4n) is 2.72. The van der Waals surface area contributed by atoms with E-state index in [0.29, 0.717) is 29.5 Å².